The van der Waals surface area contributed by atoms with Crippen LogP contribution in [0.25, 0.3) is 11.3 Å². The Hall–Kier alpha value is -3.42. The van der Waals surface area contributed by atoms with Crippen molar-refractivity contribution in [3.05, 3.63) is 90.0 Å². The van der Waals surface area contributed by atoms with Crippen molar-refractivity contribution in [1.29, 1.82) is 0 Å². The molecule has 0 atom stereocenters. The van der Waals surface area contributed by atoms with Gasteiger partial charge >= 0.3 is 0 Å². The van der Waals surface area contributed by atoms with E-state index in [0.29, 0.717) is 30.0 Å². The summed E-state index contributed by atoms with van der Waals surface area (Å²) in [5.74, 6) is -0.182. The van der Waals surface area contributed by atoms with Gasteiger partial charge in [0, 0.05) is 30.0 Å². The number of hydrogen-bond donors (Lipinski definition) is 2. The second kappa shape index (κ2) is 8.98. The quantitative estimate of drug-likeness (QED) is 0.517. The number of para-hydroxylation sites is 1. The molecule has 1 amide bonds. The smallest absolute Gasteiger partial charge is 0.258 e. The van der Waals surface area contributed by atoms with Crippen LogP contribution in [0.5, 0.6) is 0 Å². The van der Waals surface area contributed by atoms with Gasteiger partial charge in [-0.05, 0) is 35.9 Å². The maximum atomic E-state index is 12.9. The maximum absolute atomic E-state index is 12.9. The highest BCUT2D eigenvalue weighted by Crippen LogP contribution is 2.37. The van der Waals surface area contributed by atoms with Crippen LogP contribution in [-0.2, 0) is 14.8 Å². The second-order valence-electron chi connectivity index (χ2n) is 7.35. The minimum Gasteiger partial charge on any atom is -0.354 e. The number of anilines is 2. The van der Waals surface area contributed by atoms with Crippen LogP contribution in [0.2, 0.25) is 0 Å². The van der Waals surface area contributed by atoms with E-state index in [1.807, 2.05) is 68.4 Å². The summed E-state index contributed by atoms with van der Waals surface area (Å²) in [5, 5.41) is 6.27. The highest BCUT2D eigenvalue weighted by molar-refractivity contribution is 7.89. The van der Waals surface area contributed by atoms with Crippen LogP contribution >= 0.6 is 0 Å². The Morgan fingerprint density at radius 3 is 2.16 bits per heavy atom. The van der Waals surface area contributed by atoms with Gasteiger partial charge in [-0.25, -0.2) is 8.42 Å². The van der Waals surface area contributed by atoms with E-state index in [0.717, 1.165) is 16.8 Å². The number of fused-ring (bicyclic) bond motifs is 1. The predicted molar refractivity (Wildman–Crippen MR) is 128 cm³/mol. The summed E-state index contributed by atoms with van der Waals surface area (Å²) in [6.07, 6.45) is 0. The summed E-state index contributed by atoms with van der Waals surface area (Å²) < 4.78 is 27.0. The normalized spacial score (nSPS) is 14.8. The summed E-state index contributed by atoms with van der Waals surface area (Å²) in [4.78, 5) is 13.1. The zero-order chi connectivity index (χ0) is 22.7. The fourth-order valence-electron chi connectivity index (χ4n) is 3.82. The first kappa shape index (κ1) is 21.8. The fourth-order valence-corrected chi connectivity index (χ4v) is 5.27. The Morgan fingerprint density at radius 1 is 0.875 bits per heavy atom. The van der Waals surface area contributed by atoms with E-state index in [4.69, 9.17) is 0 Å². The zero-order valence-electron chi connectivity index (χ0n) is 18.0. The lowest BCUT2D eigenvalue weighted by atomic mass is 10.00. The van der Waals surface area contributed by atoms with Gasteiger partial charge in [-0.2, -0.15) is 4.31 Å². The summed E-state index contributed by atoms with van der Waals surface area (Å²) in [6, 6.07) is 23.8. The number of carbonyl (C=O) groups is 1. The molecule has 7 heteroatoms. The lowest BCUT2D eigenvalue weighted by Crippen LogP contribution is -2.30. The van der Waals surface area contributed by atoms with Crippen LogP contribution in [0.4, 0.5) is 11.4 Å². The number of nitrogens with one attached hydrogen (secondary N) is 2. The van der Waals surface area contributed by atoms with E-state index in [1.54, 1.807) is 24.3 Å². The van der Waals surface area contributed by atoms with E-state index < -0.39 is 10.0 Å². The Bertz CT molecular complexity index is 1260. The topological polar surface area (TPSA) is 78.5 Å². The van der Waals surface area contributed by atoms with E-state index in [1.165, 1.54) is 4.31 Å². The van der Waals surface area contributed by atoms with Gasteiger partial charge in [0.25, 0.3) is 5.91 Å². The molecule has 0 bridgehead atoms. The van der Waals surface area contributed by atoms with Crippen molar-refractivity contribution in [2.45, 2.75) is 18.7 Å². The van der Waals surface area contributed by atoms with Crippen molar-refractivity contribution >= 4 is 38.6 Å². The van der Waals surface area contributed by atoms with Crippen molar-refractivity contribution < 1.29 is 13.2 Å². The third kappa shape index (κ3) is 4.04. The average molecular weight is 448 g/mol. The highest BCUT2D eigenvalue weighted by Gasteiger charge is 2.28. The number of rotatable bonds is 7. The largest absolute Gasteiger partial charge is 0.354 e. The lowest BCUT2D eigenvalue weighted by molar-refractivity contribution is -0.110. The van der Waals surface area contributed by atoms with Gasteiger partial charge in [0.05, 0.1) is 16.2 Å². The molecule has 2 N–H and O–H groups in total. The fraction of sp³-hybridized carbons (Fsp3) is 0.160. The Balaban J connectivity index is 1.75. The van der Waals surface area contributed by atoms with Crippen molar-refractivity contribution in [2.24, 2.45) is 0 Å². The molecule has 0 aromatic heterocycles. The van der Waals surface area contributed by atoms with Crippen LogP contribution < -0.4 is 10.6 Å². The van der Waals surface area contributed by atoms with E-state index >= 15 is 0 Å². The van der Waals surface area contributed by atoms with Gasteiger partial charge in [0.1, 0.15) is 0 Å². The molecule has 164 valence electrons. The molecule has 3 aromatic rings. The molecule has 1 aliphatic heterocycles. The zero-order valence-corrected chi connectivity index (χ0v) is 18.8. The first-order valence-corrected chi connectivity index (χ1v) is 12.0. The average Bonchev–Trinajstić information content (AvgIpc) is 3.14. The number of hydrogen-bond acceptors (Lipinski definition) is 4. The van der Waals surface area contributed by atoms with Gasteiger partial charge in [-0.15, -0.1) is 0 Å². The van der Waals surface area contributed by atoms with E-state index in [9.17, 15) is 13.2 Å². The summed E-state index contributed by atoms with van der Waals surface area (Å²) in [7, 11) is -3.53. The third-order valence-electron chi connectivity index (χ3n) is 5.45. The number of nitrogens with zero attached hydrogens (tertiary/aromatic N) is 1. The minimum atomic E-state index is -3.53. The third-order valence-corrected chi connectivity index (χ3v) is 7.52. The summed E-state index contributed by atoms with van der Waals surface area (Å²) >= 11 is 0. The first-order valence-electron chi connectivity index (χ1n) is 10.5. The molecule has 0 radical (unpaired) electrons. The standard InChI is InChI=1S/C25H25N3O3S/c1-3-28(4-2)32(30,31)20-16-14-19(15-17-20)26-24(18-10-6-5-7-11-18)23-21-12-8-9-13-22(21)27-25(23)29/h5-17,26H,3-4H2,1-2H3,(H,27,29)/b24-23-. The monoisotopic (exact) mass is 447 g/mol. The van der Waals surface area contributed by atoms with Crippen LogP contribution in [0.1, 0.15) is 25.0 Å². The summed E-state index contributed by atoms with van der Waals surface area (Å²) in [5.41, 5.74) is 4.34. The minimum absolute atomic E-state index is 0.182. The first-order chi connectivity index (χ1) is 15.5. The lowest BCUT2D eigenvalue weighted by Gasteiger charge is -2.19. The molecule has 0 spiro atoms. The molecule has 1 aliphatic rings. The predicted octanol–water partition coefficient (Wildman–Crippen LogP) is 4.65. The molecule has 0 unspecified atom stereocenters. The van der Waals surface area contributed by atoms with Crippen molar-refractivity contribution in [2.75, 3.05) is 23.7 Å². The van der Waals surface area contributed by atoms with Crippen LogP contribution in [0, 0.1) is 0 Å². The SMILES string of the molecule is CCN(CC)S(=O)(=O)c1ccc(N/C(=C2\C(=O)Nc3ccccc32)c2ccccc2)cc1. The van der Waals surface area contributed by atoms with Crippen molar-refractivity contribution in [3.8, 4) is 0 Å². The molecular formula is C25H25N3O3S. The van der Waals surface area contributed by atoms with E-state index in [-0.39, 0.29) is 10.8 Å². The molecule has 32 heavy (non-hydrogen) atoms. The Morgan fingerprint density at radius 2 is 1.50 bits per heavy atom. The van der Waals surface area contributed by atoms with Crippen LogP contribution in [0.15, 0.2) is 83.8 Å². The molecule has 0 saturated carbocycles. The Kier molecular flexibility index (Phi) is 6.12. The molecule has 6 nitrogen and oxygen atoms in total. The molecule has 4 rings (SSSR count). The van der Waals surface area contributed by atoms with Gasteiger partial charge < -0.3 is 10.6 Å². The van der Waals surface area contributed by atoms with Crippen LogP contribution in [0.3, 0.4) is 0 Å². The molecular weight excluding hydrogens is 422 g/mol. The summed E-state index contributed by atoms with van der Waals surface area (Å²) in [6.45, 7) is 4.47. The molecule has 0 fully saturated rings. The maximum Gasteiger partial charge on any atom is 0.258 e. The van der Waals surface area contributed by atoms with Gasteiger partial charge in [-0.3, -0.25) is 4.79 Å². The van der Waals surface area contributed by atoms with Crippen molar-refractivity contribution in [1.82, 2.24) is 4.31 Å². The van der Waals surface area contributed by atoms with Gasteiger partial charge in [0.15, 0.2) is 0 Å². The number of amides is 1. The number of benzene rings is 3. The highest BCUT2D eigenvalue weighted by atomic mass is 32.2. The second-order valence-corrected chi connectivity index (χ2v) is 9.29. The van der Waals surface area contributed by atoms with Crippen LogP contribution in [-0.4, -0.2) is 31.7 Å². The molecule has 3 aromatic carbocycles. The Labute approximate surface area is 188 Å². The molecule has 0 saturated heterocycles. The van der Waals surface area contributed by atoms with E-state index in [2.05, 4.69) is 10.6 Å². The van der Waals surface area contributed by atoms with Gasteiger partial charge in [-0.1, -0.05) is 62.4 Å². The van der Waals surface area contributed by atoms with Crippen molar-refractivity contribution in [3.63, 3.8) is 0 Å². The molecule has 1 heterocycles. The van der Waals surface area contributed by atoms with Gasteiger partial charge in [0.2, 0.25) is 10.0 Å². The number of sulfonamides is 1. The molecule has 0 aliphatic carbocycles. The number of carbonyl (C=O) groups excluding carboxylic acids is 1.